The fraction of sp³-hybridized carbons (Fsp3) is 0.700. The minimum Gasteiger partial charge on any atom is -0.408 e. The highest BCUT2D eigenvalue weighted by atomic mass is 16.4. The van der Waals surface area contributed by atoms with Crippen LogP contribution >= 0.6 is 0 Å². The van der Waals surface area contributed by atoms with Gasteiger partial charge in [-0.15, -0.1) is 5.10 Å². The Morgan fingerprint density at radius 3 is 3.12 bits per heavy atom. The third-order valence-corrected chi connectivity index (χ3v) is 2.76. The van der Waals surface area contributed by atoms with Crippen molar-refractivity contribution in [2.75, 3.05) is 31.5 Å². The second kappa shape index (κ2) is 5.24. The molecular weight excluding hydrogens is 222 g/mol. The van der Waals surface area contributed by atoms with Gasteiger partial charge in [0.1, 0.15) is 0 Å². The number of hydrogen-bond donors (Lipinski definition) is 2. The molecule has 1 saturated heterocycles. The second-order valence-corrected chi connectivity index (χ2v) is 4.20. The highest BCUT2D eigenvalue weighted by molar-refractivity contribution is 5.90. The average molecular weight is 239 g/mol. The van der Waals surface area contributed by atoms with Crippen molar-refractivity contribution in [3.63, 3.8) is 0 Å². The number of hydrogen-bond acceptors (Lipinski definition) is 6. The van der Waals surface area contributed by atoms with Crippen molar-refractivity contribution in [1.82, 2.24) is 20.4 Å². The second-order valence-electron chi connectivity index (χ2n) is 4.20. The van der Waals surface area contributed by atoms with Crippen LogP contribution in [0.15, 0.2) is 4.42 Å². The number of nitrogens with one attached hydrogen (secondary N) is 2. The lowest BCUT2D eigenvalue weighted by atomic mass is 10.2. The standard InChI is InChI=1S/C10H17N5O2/c1-7-5-11-3-4-15(7)6-9(16)12-10-14-13-8(2)17-10/h7,11H,3-6H2,1-2H3,(H,12,14,16)/t7-/m0/s1. The molecule has 0 unspecified atom stereocenters. The number of anilines is 1. The van der Waals surface area contributed by atoms with E-state index >= 15 is 0 Å². The summed E-state index contributed by atoms with van der Waals surface area (Å²) < 4.78 is 5.09. The summed E-state index contributed by atoms with van der Waals surface area (Å²) in [6, 6.07) is 0.522. The Hall–Kier alpha value is -1.47. The first-order valence-electron chi connectivity index (χ1n) is 5.70. The molecule has 1 aliphatic rings. The van der Waals surface area contributed by atoms with E-state index in [1.54, 1.807) is 6.92 Å². The molecule has 0 bridgehead atoms. The molecule has 0 aliphatic carbocycles. The van der Waals surface area contributed by atoms with Crippen LogP contribution in [0.2, 0.25) is 0 Å². The Balaban J connectivity index is 1.84. The van der Waals surface area contributed by atoms with Crippen LogP contribution in [0.1, 0.15) is 12.8 Å². The van der Waals surface area contributed by atoms with Crippen molar-refractivity contribution < 1.29 is 9.21 Å². The molecule has 1 fully saturated rings. The van der Waals surface area contributed by atoms with Crippen LogP contribution < -0.4 is 10.6 Å². The molecule has 1 aromatic heterocycles. The summed E-state index contributed by atoms with van der Waals surface area (Å²) in [7, 11) is 0. The molecular formula is C10H17N5O2. The smallest absolute Gasteiger partial charge is 0.322 e. The van der Waals surface area contributed by atoms with Gasteiger partial charge in [0, 0.05) is 32.6 Å². The zero-order valence-corrected chi connectivity index (χ0v) is 10.1. The predicted octanol–water partition coefficient (Wildman–Crippen LogP) is -0.390. The largest absolute Gasteiger partial charge is 0.408 e. The molecule has 7 heteroatoms. The Morgan fingerprint density at radius 1 is 1.65 bits per heavy atom. The van der Waals surface area contributed by atoms with Gasteiger partial charge in [0.25, 0.3) is 0 Å². The van der Waals surface area contributed by atoms with Crippen molar-refractivity contribution in [3.05, 3.63) is 5.89 Å². The molecule has 2 heterocycles. The van der Waals surface area contributed by atoms with E-state index in [0.717, 1.165) is 19.6 Å². The van der Waals surface area contributed by atoms with E-state index in [2.05, 4.69) is 32.7 Å². The van der Waals surface area contributed by atoms with Crippen LogP contribution in [-0.2, 0) is 4.79 Å². The number of aromatic nitrogens is 2. The molecule has 1 aliphatic heterocycles. The third-order valence-electron chi connectivity index (χ3n) is 2.76. The number of piperazine rings is 1. The van der Waals surface area contributed by atoms with Crippen molar-refractivity contribution >= 4 is 11.9 Å². The molecule has 7 nitrogen and oxygen atoms in total. The zero-order chi connectivity index (χ0) is 12.3. The van der Waals surface area contributed by atoms with Gasteiger partial charge in [-0.1, -0.05) is 5.10 Å². The van der Waals surface area contributed by atoms with Gasteiger partial charge in [-0.05, 0) is 6.92 Å². The van der Waals surface area contributed by atoms with Gasteiger partial charge in [0.2, 0.25) is 11.8 Å². The first kappa shape index (κ1) is 12.0. The highest BCUT2D eigenvalue weighted by Gasteiger charge is 2.20. The molecule has 1 aromatic rings. The maximum atomic E-state index is 11.7. The third kappa shape index (κ3) is 3.24. The maximum absolute atomic E-state index is 11.7. The van der Waals surface area contributed by atoms with Crippen LogP contribution in [0, 0.1) is 6.92 Å². The van der Waals surface area contributed by atoms with E-state index in [0.29, 0.717) is 18.5 Å². The SMILES string of the molecule is Cc1nnc(NC(=O)CN2CCNC[C@@H]2C)o1. The van der Waals surface area contributed by atoms with Crippen molar-refractivity contribution in [3.8, 4) is 0 Å². The number of aryl methyl sites for hydroxylation is 1. The number of rotatable bonds is 3. The van der Waals surface area contributed by atoms with E-state index in [1.165, 1.54) is 0 Å². The normalized spacial score (nSPS) is 21.4. The van der Waals surface area contributed by atoms with Gasteiger partial charge >= 0.3 is 6.01 Å². The fourth-order valence-corrected chi connectivity index (χ4v) is 1.81. The van der Waals surface area contributed by atoms with E-state index in [1.807, 2.05) is 0 Å². The molecule has 0 spiro atoms. The zero-order valence-electron chi connectivity index (χ0n) is 10.1. The van der Waals surface area contributed by atoms with Crippen LogP contribution in [0.5, 0.6) is 0 Å². The Kier molecular flexibility index (Phi) is 3.70. The number of amides is 1. The van der Waals surface area contributed by atoms with Crippen molar-refractivity contribution in [1.29, 1.82) is 0 Å². The Morgan fingerprint density at radius 2 is 2.47 bits per heavy atom. The fourth-order valence-electron chi connectivity index (χ4n) is 1.81. The van der Waals surface area contributed by atoms with Gasteiger partial charge in [0.05, 0.1) is 6.54 Å². The van der Waals surface area contributed by atoms with Gasteiger partial charge in [-0.25, -0.2) is 0 Å². The average Bonchev–Trinajstić information content (AvgIpc) is 2.67. The first-order chi connectivity index (χ1) is 8.15. The Bertz CT molecular complexity index is 392. The van der Waals surface area contributed by atoms with Gasteiger partial charge in [-0.2, -0.15) is 0 Å². The van der Waals surface area contributed by atoms with Gasteiger partial charge < -0.3 is 9.73 Å². The van der Waals surface area contributed by atoms with Crippen molar-refractivity contribution in [2.45, 2.75) is 19.9 Å². The van der Waals surface area contributed by atoms with Crippen LogP contribution in [0.25, 0.3) is 0 Å². The quantitative estimate of drug-likeness (QED) is 0.747. The van der Waals surface area contributed by atoms with Crippen LogP contribution in [0.3, 0.4) is 0 Å². The molecule has 2 N–H and O–H groups in total. The number of nitrogens with zero attached hydrogens (tertiary/aromatic N) is 3. The van der Waals surface area contributed by atoms with Gasteiger partial charge in [0.15, 0.2) is 0 Å². The molecule has 0 radical (unpaired) electrons. The van der Waals surface area contributed by atoms with E-state index in [9.17, 15) is 4.79 Å². The maximum Gasteiger partial charge on any atom is 0.322 e. The molecule has 1 amide bonds. The number of carbonyl (C=O) groups excluding carboxylic acids is 1. The lowest BCUT2D eigenvalue weighted by Gasteiger charge is -2.32. The van der Waals surface area contributed by atoms with E-state index in [4.69, 9.17) is 4.42 Å². The van der Waals surface area contributed by atoms with Crippen molar-refractivity contribution in [2.24, 2.45) is 0 Å². The van der Waals surface area contributed by atoms with Crippen LogP contribution in [-0.4, -0.2) is 53.2 Å². The molecule has 0 aromatic carbocycles. The minimum absolute atomic E-state index is 0.123. The molecule has 1 atom stereocenters. The monoisotopic (exact) mass is 239 g/mol. The first-order valence-corrected chi connectivity index (χ1v) is 5.70. The molecule has 94 valence electrons. The van der Waals surface area contributed by atoms with Gasteiger partial charge in [-0.3, -0.25) is 15.0 Å². The lowest BCUT2D eigenvalue weighted by molar-refractivity contribution is -0.118. The molecule has 2 rings (SSSR count). The minimum atomic E-state index is -0.123. The highest BCUT2D eigenvalue weighted by Crippen LogP contribution is 2.05. The summed E-state index contributed by atoms with van der Waals surface area (Å²) in [5.74, 6) is 0.318. The summed E-state index contributed by atoms with van der Waals surface area (Å²) >= 11 is 0. The summed E-state index contributed by atoms with van der Waals surface area (Å²) in [5.41, 5.74) is 0. The molecule has 17 heavy (non-hydrogen) atoms. The summed E-state index contributed by atoms with van der Waals surface area (Å²) in [5, 5.41) is 13.2. The van der Waals surface area contributed by atoms with Crippen LogP contribution in [0.4, 0.5) is 6.01 Å². The Labute approximate surface area is 99.6 Å². The van der Waals surface area contributed by atoms with E-state index in [-0.39, 0.29) is 11.9 Å². The summed E-state index contributed by atoms with van der Waals surface area (Å²) in [6.07, 6.45) is 0. The molecule has 0 saturated carbocycles. The summed E-state index contributed by atoms with van der Waals surface area (Å²) in [6.45, 7) is 6.82. The summed E-state index contributed by atoms with van der Waals surface area (Å²) in [4.78, 5) is 13.9. The van der Waals surface area contributed by atoms with E-state index < -0.39 is 0 Å². The number of carbonyl (C=O) groups is 1. The predicted molar refractivity (Wildman–Crippen MR) is 61.6 cm³/mol. The topological polar surface area (TPSA) is 83.3 Å². The lowest BCUT2D eigenvalue weighted by Crippen LogP contribution is -2.52.